The van der Waals surface area contributed by atoms with Crippen LogP contribution in [0.3, 0.4) is 0 Å². The van der Waals surface area contributed by atoms with Crippen LogP contribution in [0.5, 0.6) is 11.5 Å². The highest BCUT2D eigenvalue weighted by Crippen LogP contribution is 2.36. The predicted octanol–water partition coefficient (Wildman–Crippen LogP) is 4.64. The number of nitrogens with zero attached hydrogens (tertiary/aromatic N) is 2. The molecule has 0 bridgehead atoms. The molecule has 0 saturated heterocycles. The number of thiazole rings is 1. The van der Waals surface area contributed by atoms with E-state index in [1.165, 1.54) is 11.3 Å². The Kier molecular flexibility index (Phi) is 8.19. The largest absolute Gasteiger partial charge is 0.493 e. The predicted molar refractivity (Wildman–Crippen MR) is 145 cm³/mol. The fraction of sp³-hybridized carbons (Fsp3) is 0.321. The molecule has 9 heteroatoms. The summed E-state index contributed by atoms with van der Waals surface area (Å²) in [5.41, 5.74) is 1.87. The minimum atomic E-state index is -0.766. The number of hydrogen-bond donors (Lipinski definition) is 0. The van der Waals surface area contributed by atoms with Crippen molar-refractivity contribution < 1.29 is 19.0 Å². The minimum absolute atomic E-state index is 0.104. The van der Waals surface area contributed by atoms with Gasteiger partial charge in [-0.3, -0.25) is 9.36 Å². The molecular formula is C28H29ClN2O5S. The zero-order valence-electron chi connectivity index (χ0n) is 21.4. The maximum absolute atomic E-state index is 13.9. The SMILES string of the molecule is CCOC(=O)C1=C(C)N=c2s/c(=C\c3cc(Cl)ccc3OCC)c(=O)n2C1c1ccccc1OC(C)C. The second-order valence-corrected chi connectivity index (χ2v) is 10.1. The molecule has 4 rings (SSSR count). The van der Waals surface area contributed by atoms with Crippen molar-refractivity contribution in [2.45, 2.75) is 46.8 Å². The van der Waals surface area contributed by atoms with E-state index in [-0.39, 0.29) is 18.3 Å². The van der Waals surface area contributed by atoms with Crippen LogP contribution in [0, 0.1) is 0 Å². The maximum atomic E-state index is 13.9. The molecule has 2 aromatic carbocycles. The Hall–Kier alpha value is -3.36. The first-order valence-electron chi connectivity index (χ1n) is 12.1. The van der Waals surface area contributed by atoms with Gasteiger partial charge in [-0.25, -0.2) is 9.79 Å². The molecule has 0 aliphatic carbocycles. The molecule has 1 aliphatic heterocycles. The van der Waals surface area contributed by atoms with Gasteiger partial charge in [0.05, 0.1) is 35.1 Å². The summed E-state index contributed by atoms with van der Waals surface area (Å²) in [6.07, 6.45) is 1.64. The van der Waals surface area contributed by atoms with Gasteiger partial charge in [0.15, 0.2) is 4.80 Å². The van der Waals surface area contributed by atoms with Crippen molar-refractivity contribution in [3.8, 4) is 11.5 Å². The number of allylic oxidation sites excluding steroid dienone is 1. The average molecular weight is 541 g/mol. The molecule has 0 spiro atoms. The third-order valence-electron chi connectivity index (χ3n) is 5.65. The first kappa shape index (κ1) is 26.7. The number of fused-ring (bicyclic) bond motifs is 1. The summed E-state index contributed by atoms with van der Waals surface area (Å²) < 4.78 is 19.2. The fourth-order valence-corrected chi connectivity index (χ4v) is 5.43. The summed E-state index contributed by atoms with van der Waals surface area (Å²) in [4.78, 5) is 32.2. The topological polar surface area (TPSA) is 79.1 Å². The number of carbonyl (C=O) groups excluding carboxylic acids is 1. The Bertz CT molecular complexity index is 1540. The van der Waals surface area contributed by atoms with Crippen molar-refractivity contribution in [2.75, 3.05) is 13.2 Å². The lowest BCUT2D eigenvalue weighted by atomic mass is 9.95. The molecule has 1 unspecified atom stereocenters. The molecule has 1 aromatic heterocycles. The van der Waals surface area contributed by atoms with Gasteiger partial charge in [0, 0.05) is 16.1 Å². The third-order valence-corrected chi connectivity index (χ3v) is 6.87. The maximum Gasteiger partial charge on any atom is 0.338 e. The molecule has 37 heavy (non-hydrogen) atoms. The molecule has 0 fully saturated rings. The van der Waals surface area contributed by atoms with E-state index in [4.69, 9.17) is 25.8 Å². The number of halogens is 1. The summed E-state index contributed by atoms with van der Waals surface area (Å²) in [7, 11) is 0. The van der Waals surface area contributed by atoms with E-state index in [9.17, 15) is 9.59 Å². The van der Waals surface area contributed by atoms with Crippen molar-refractivity contribution >= 4 is 35.0 Å². The minimum Gasteiger partial charge on any atom is -0.493 e. The zero-order chi connectivity index (χ0) is 26.7. The van der Waals surface area contributed by atoms with Crippen LogP contribution >= 0.6 is 22.9 Å². The zero-order valence-corrected chi connectivity index (χ0v) is 23.0. The number of aromatic nitrogens is 1. The number of hydrogen-bond acceptors (Lipinski definition) is 7. The van der Waals surface area contributed by atoms with Crippen molar-refractivity contribution in [3.05, 3.63) is 89.6 Å². The molecule has 7 nitrogen and oxygen atoms in total. The number of esters is 1. The second kappa shape index (κ2) is 11.4. The first-order valence-corrected chi connectivity index (χ1v) is 13.3. The van der Waals surface area contributed by atoms with E-state index >= 15 is 0 Å². The standard InChI is InChI=1S/C28H29ClN2O5S/c1-6-34-21-13-12-19(29)14-18(21)15-23-26(32)31-25(20-10-8-9-11-22(20)36-16(3)4)24(27(33)35-7-2)17(5)30-28(31)37-23/h8-16,25H,6-7H2,1-5H3/b23-15-. The van der Waals surface area contributed by atoms with E-state index < -0.39 is 12.0 Å². The Labute approximate surface area is 224 Å². The van der Waals surface area contributed by atoms with Crippen molar-refractivity contribution in [1.29, 1.82) is 0 Å². The van der Waals surface area contributed by atoms with Crippen LogP contribution in [0.25, 0.3) is 6.08 Å². The Morgan fingerprint density at radius 3 is 2.62 bits per heavy atom. The van der Waals surface area contributed by atoms with Gasteiger partial charge in [-0.15, -0.1) is 0 Å². The van der Waals surface area contributed by atoms with E-state index in [1.807, 2.05) is 45.0 Å². The molecular weight excluding hydrogens is 512 g/mol. The van der Waals surface area contributed by atoms with Gasteiger partial charge in [-0.05, 0) is 65.0 Å². The van der Waals surface area contributed by atoms with E-state index in [2.05, 4.69) is 4.99 Å². The van der Waals surface area contributed by atoms with Gasteiger partial charge < -0.3 is 14.2 Å². The van der Waals surface area contributed by atoms with Crippen LogP contribution in [-0.4, -0.2) is 29.9 Å². The number of carbonyl (C=O) groups is 1. The first-order chi connectivity index (χ1) is 17.7. The summed E-state index contributed by atoms with van der Waals surface area (Å²) >= 11 is 7.48. The molecule has 3 aromatic rings. The molecule has 194 valence electrons. The smallest absolute Gasteiger partial charge is 0.338 e. The molecule has 1 atom stereocenters. The van der Waals surface area contributed by atoms with Crippen molar-refractivity contribution in [3.63, 3.8) is 0 Å². The number of ether oxygens (including phenoxy) is 3. The van der Waals surface area contributed by atoms with Crippen LogP contribution in [-0.2, 0) is 9.53 Å². The molecule has 1 aliphatic rings. The number of para-hydroxylation sites is 1. The van der Waals surface area contributed by atoms with Gasteiger partial charge in [0.2, 0.25) is 0 Å². The summed E-state index contributed by atoms with van der Waals surface area (Å²) in [6, 6.07) is 11.9. The van der Waals surface area contributed by atoms with Crippen LogP contribution in [0.2, 0.25) is 5.02 Å². The van der Waals surface area contributed by atoms with E-state index in [0.29, 0.717) is 54.9 Å². The molecule has 0 N–H and O–H groups in total. The Balaban J connectivity index is 1.99. The Morgan fingerprint density at radius 2 is 1.92 bits per heavy atom. The summed E-state index contributed by atoms with van der Waals surface area (Å²) in [6.45, 7) is 9.92. The molecule has 0 amide bonds. The average Bonchev–Trinajstić information content (AvgIpc) is 3.14. The van der Waals surface area contributed by atoms with Crippen LogP contribution in [0.4, 0.5) is 0 Å². The van der Waals surface area contributed by atoms with E-state index in [0.717, 1.165) is 0 Å². The van der Waals surface area contributed by atoms with E-state index in [1.54, 1.807) is 42.7 Å². The molecule has 0 saturated carbocycles. The quantitative estimate of drug-likeness (QED) is 0.389. The lowest BCUT2D eigenvalue weighted by Gasteiger charge is -2.26. The van der Waals surface area contributed by atoms with Gasteiger partial charge >= 0.3 is 5.97 Å². The van der Waals surface area contributed by atoms with Gasteiger partial charge in [0.1, 0.15) is 17.5 Å². The monoisotopic (exact) mass is 540 g/mol. The van der Waals surface area contributed by atoms with Gasteiger partial charge in [0.25, 0.3) is 5.56 Å². The van der Waals surface area contributed by atoms with Crippen LogP contribution in [0.1, 0.15) is 51.8 Å². The number of benzene rings is 2. The highest BCUT2D eigenvalue weighted by Gasteiger charge is 2.35. The molecule has 2 heterocycles. The third kappa shape index (κ3) is 5.50. The summed E-state index contributed by atoms with van der Waals surface area (Å²) in [5.74, 6) is 0.686. The van der Waals surface area contributed by atoms with Crippen LogP contribution < -0.4 is 24.4 Å². The van der Waals surface area contributed by atoms with Crippen molar-refractivity contribution in [1.82, 2.24) is 4.57 Å². The Morgan fingerprint density at radius 1 is 1.16 bits per heavy atom. The number of rotatable bonds is 8. The summed E-state index contributed by atoms with van der Waals surface area (Å²) in [5, 5.41) is 0.528. The van der Waals surface area contributed by atoms with Crippen LogP contribution in [0.15, 0.2) is 63.5 Å². The highest BCUT2D eigenvalue weighted by atomic mass is 35.5. The normalized spacial score (nSPS) is 15.4. The van der Waals surface area contributed by atoms with Gasteiger partial charge in [-0.1, -0.05) is 41.1 Å². The molecule has 0 radical (unpaired) electrons. The fourth-order valence-electron chi connectivity index (χ4n) is 4.21. The lowest BCUT2D eigenvalue weighted by molar-refractivity contribution is -0.139. The van der Waals surface area contributed by atoms with Gasteiger partial charge in [-0.2, -0.15) is 0 Å². The lowest BCUT2D eigenvalue weighted by Crippen LogP contribution is -2.40. The highest BCUT2D eigenvalue weighted by molar-refractivity contribution is 7.07. The van der Waals surface area contributed by atoms with Crippen molar-refractivity contribution in [2.24, 2.45) is 4.99 Å². The second-order valence-electron chi connectivity index (χ2n) is 8.62.